The first kappa shape index (κ1) is 14.0. The summed E-state index contributed by atoms with van der Waals surface area (Å²) < 4.78 is 18.8. The van der Waals surface area contributed by atoms with Crippen LogP contribution in [0.5, 0.6) is 0 Å². The van der Waals surface area contributed by atoms with E-state index in [0.29, 0.717) is 12.0 Å². The molecule has 102 valence electrons. The molecule has 0 amide bonds. The molecule has 1 N–H and O–H groups in total. The van der Waals surface area contributed by atoms with E-state index in [-0.39, 0.29) is 11.7 Å². The summed E-state index contributed by atoms with van der Waals surface area (Å²) in [4.78, 5) is 0. The van der Waals surface area contributed by atoms with Crippen LogP contribution >= 0.6 is 0 Å². The fraction of sp³-hybridized carbons (Fsp3) is 0.375. The lowest BCUT2D eigenvalue weighted by atomic mass is 9.91. The summed E-state index contributed by atoms with van der Waals surface area (Å²) in [5, 5.41) is 11.8. The minimum absolute atomic E-state index is 0.0637. The summed E-state index contributed by atoms with van der Waals surface area (Å²) in [6.07, 6.45) is 0.157. The van der Waals surface area contributed by atoms with Crippen LogP contribution in [0.2, 0.25) is 0 Å². The second-order valence-electron chi connectivity index (χ2n) is 4.89. The number of methoxy groups -OCH3 is 1. The molecule has 0 aromatic heterocycles. The van der Waals surface area contributed by atoms with Crippen molar-refractivity contribution in [1.82, 2.24) is 0 Å². The van der Waals surface area contributed by atoms with Crippen molar-refractivity contribution in [1.29, 1.82) is 0 Å². The number of hydrogen-bond acceptors (Lipinski definition) is 2. The molecule has 0 fully saturated rings. The fourth-order valence-electron chi connectivity index (χ4n) is 2.31. The molecule has 0 aliphatic carbocycles. The van der Waals surface area contributed by atoms with E-state index in [2.05, 4.69) is 0 Å². The predicted octanol–water partition coefficient (Wildman–Crippen LogP) is 3.68. The van der Waals surface area contributed by atoms with Gasteiger partial charge in [0.1, 0.15) is 5.82 Å². The Labute approximate surface area is 112 Å². The van der Waals surface area contributed by atoms with Crippen LogP contribution in [0.4, 0.5) is 4.39 Å². The Morgan fingerprint density at radius 3 is 2.53 bits per heavy atom. The summed E-state index contributed by atoms with van der Waals surface area (Å²) in [7, 11) is 1.65. The molecule has 0 saturated heterocycles. The second-order valence-corrected chi connectivity index (χ2v) is 4.89. The lowest BCUT2D eigenvalue weighted by Gasteiger charge is -2.20. The average Bonchev–Trinajstić information content (AvgIpc) is 2.45. The van der Waals surface area contributed by atoms with Crippen LogP contribution in [0.1, 0.15) is 25.0 Å². The Kier molecular flexibility index (Phi) is 4.51. The van der Waals surface area contributed by atoms with Crippen molar-refractivity contribution in [3.63, 3.8) is 0 Å². The topological polar surface area (TPSA) is 29.5 Å². The number of fused-ring (bicyclic) bond motifs is 1. The summed E-state index contributed by atoms with van der Waals surface area (Å²) in [5.74, 6) is -0.190. The first-order valence-corrected chi connectivity index (χ1v) is 6.49. The highest BCUT2D eigenvalue weighted by Crippen LogP contribution is 2.31. The third kappa shape index (κ3) is 2.94. The molecule has 2 aromatic carbocycles. The van der Waals surface area contributed by atoms with Crippen molar-refractivity contribution in [3.05, 3.63) is 47.8 Å². The predicted molar refractivity (Wildman–Crippen MR) is 74.5 cm³/mol. The lowest BCUT2D eigenvalue weighted by Crippen LogP contribution is -2.12. The van der Waals surface area contributed by atoms with E-state index in [0.717, 1.165) is 17.4 Å². The van der Waals surface area contributed by atoms with Crippen LogP contribution in [-0.4, -0.2) is 18.8 Å². The van der Waals surface area contributed by atoms with Gasteiger partial charge in [-0.15, -0.1) is 0 Å². The molecular weight excluding hydrogens is 243 g/mol. The normalized spacial score (nSPS) is 14.5. The molecule has 3 heteroatoms. The van der Waals surface area contributed by atoms with Crippen LogP contribution in [0.15, 0.2) is 36.4 Å². The van der Waals surface area contributed by atoms with E-state index in [1.165, 1.54) is 6.07 Å². The second kappa shape index (κ2) is 6.13. The first-order chi connectivity index (χ1) is 9.15. The van der Waals surface area contributed by atoms with Gasteiger partial charge in [-0.2, -0.15) is 0 Å². The van der Waals surface area contributed by atoms with E-state index in [4.69, 9.17) is 4.74 Å². The zero-order valence-corrected chi connectivity index (χ0v) is 11.3. The molecule has 0 aliphatic heterocycles. The highest BCUT2D eigenvalue weighted by molar-refractivity contribution is 5.86. The molecule has 2 nitrogen and oxygen atoms in total. The van der Waals surface area contributed by atoms with Gasteiger partial charge in [-0.25, -0.2) is 4.39 Å². The molecule has 2 rings (SSSR count). The van der Waals surface area contributed by atoms with Gasteiger partial charge < -0.3 is 9.84 Å². The van der Waals surface area contributed by atoms with Crippen LogP contribution in [-0.2, 0) is 4.74 Å². The summed E-state index contributed by atoms with van der Waals surface area (Å²) >= 11 is 0. The van der Waals surface area contributed by atoms with Crippen LogP contribution in [0.25, 0.3) is 10.8 Å². The maximum atomic E-state index is 13.7. The van der Waals surface area contributed by atoms with Crippen LogP contribution in [0.3, 0.4) is 0 Å². The summed E-state index contributed by atoms with van der Waals surface area (Å²) in [6, 6.07) is 10.3. The molecule has 0 aliphatic rings. The number of ether oxygens (including phenoxy) is 1. The van der Waals surface area contributed by atoms with Crippen LogP contribution < -0.4 is 0 Å². The Bertz CT molecular complexity index is 553. The zero-order valence-electron chi connectivity index (χ0n) is 11.3. The smallest absolute Gasteiger partial charge is 0.131 e. The van der Waals surface area contributed by atoms with E-state index in [9.17, 15) is 9.50 Å². The van der Waals surface area contributed by atoms with Gasteiger partial charge in [-0.05, 0) is 29.4 Å². The molecule has 0 bridgehead atoms. The molecule has 0 saturated carbocycles. The fourth-order valence-corrected chi connectivity index (χ4v) is 2.31. The Balaban J connectivity index is 2.37. The van der Waals surface area contributed by atoms with Crippen molar-refractivity contribution in [2.75, 3.05) is 13.7 Å². The number of halogens is 1. The van der Waals surface area contributed by atoms with Crippen molar-refractivity contribution in [2.24, 2.45) is 5.92 Å². The van der Waals surface area contributed by atoms with Crippen LogP contribution in [0, 0.1) is 11.7 Å². The zero-order chi connectivity index (χ0) is 13.8. The molecule has 0 radical (unpaired) electrons. The van der Waals surface area contributed by atoms with Gasteiger partial charge >= 0.3 is 0 Å². The van der Waals surface area contributed by atoms with Gasteiger partial charge in [0, 0.05) is 19.1 Å². The van der Waals surface area contributed by atoms with Gasteiger partial charge in [0.15, 0.2) is 0 Å². The summed E-state index contributed by atoms with van der Waals surface area (Å²) in [5.41, 5.74) is 0.778. The van der Waals surface area contributed by atoms with Gasteiger partial charge in [-0.3, -0.25) is 0 Å². The standard InChI is InChI=1S/C16H19FO2/c1-11(9-10-19-2)16(18)14-7-8-15(17)13-6-4-3-5-12(13)14/h3-8,11,16,18H,9-10H2,1-2H3. The molecular formula is C16H19FO2. The highest BCUT2D eigenvalue weighted by Gasteiger charge is 2.19. The Morgan fingerprint density at radius 1 is 1.16 bits per heavy atom. The molecule has 19 heavy (non-hydrogen) atoms. The summed E-state index contributed by atoms with van der Waals surface area (Å²) in [6.45, 7) is 2.58. The van der Waals surface area contributed by atoms with E-state index >= 15 is 0 Å². The van der Waals surface area contributed by atoms with Gasteiger partial charge in [-0.1, -0.05) is 37.3 Å². The van der Waals surface area contributed by atoms with E-state index in [1.807, 2.05) is 19.1 Å². The van der Waals surface area contributed by atoms with Crippen molar-refractivity contribution >= 4 is 10.8 Å². The lowest BCUT2D eigenvalue weighted by molar-refractivity contribution is 0.0896. The number of rotatable bonds is 5. The molecule has 2 unspecified atom stereocenters. The number of aliphatic hydroxyl groups excluding tert-OH is 1. The van der Waals surface area contributed by atoms with Crippen molar-refractivity contribution in [2.45, 2.75) is 19.4 Å². The van der Waals surface area contributed by atoms with E-state index in [1.54, 1.807) is 25.3 Å². The largest absolute Gasteiger partial charge is 0.388 e. The third-order valence-corrected chi connectivity index (χ3v) is 3.54. The van der Waals surface area contributed by atoms with E-state index < -0.39 is 6.10 Å². The average molecular weight is 262 g/mol. The molecule has 2 aromatic rings. The maximum absolute atomic E-state index is 13.7. The van der Waals surface area contributed by atoms with Gasteiger partial charge in [0.05, 0.1) is 6.10 Å². The minimum Gasteiger partial charge on any atom is -0.388 e. The number of benzene rings is 2. The third-order valence-electron chi connectivity index (χ3n) is 3.54. The molecule has 0 heterocycles. The Morgan fingerprint density at radius 2 is 1.84 bits per heavy atom. The van der Waals surface area contributed by atoms with Gasteiger partial charge in [0.25, 0.3) is 0 Å². The number of hydrogen-bond donors (Lipinski definition) is 1. The molecule has 0 spiro atoms. The van der Waals surface area contributed by atoms with Gasteiger partial charge in [0.2, 0.25) is 0 Å². The quantitative estimate of drug-likeness (QED) is 0.890. The monoisotopic (exact) mass is 262 g/mol. The number of aliphatic hydroxyl groups is 1. The van der Waals surface area contributed by atoms with Crippen molar-refractivity contribution in [3.8, 4) is 0 Å². The maximum Gasteiger partial charge on any atom is 0.131 e. The minimum atomic E-state index is -0.611. The Hall–Kier alpha value is -1.45. The SMILES string of the molecule is COCCC(C)C(O)c1ccc(F)c2ccccc12. The molecule has 2 atom stereocenters. The van der Waals surface area contributed by atoms with Crippen molar-refractivity contribution < 1.29 is 14.2 Å². The first-order valence-electron chi connectivity index (χ1n) is 6.49. The highest BCUT2D eigenvalue weighted by atomic mass is 19.1.